The van der Waals surface area contributed by atoms with E-state index in [1.165, 1.54) is 30.3 Å². The molecule has 8 heteroatoms. The van der Waals surface area contributed by atoms with E-state index in [-0.39, 0.29) is 16.4 Å². The van der Waals surface area contributed by atoms with E-state index in [0.717, 1.165) is 0 Å². The highest BCUT2D eigenvalue weighted by Crippen LogP contribution is 2.19. The van der Waals surface area contributed by atoms with Gasteiger partial charge < -0.3 is 4.90 Å². The maximum atomic E-state index is 12.6. The molecular weight excluding hydrogens is 342 g/mol. The second kappa shape index (κ2) is 7.89. The molecule has 7 nitrogen and oxygen atoms in total. The Hall–Kier alpha value is -2.74. The molecule has 0 bridgehead atoms. The minimum absolute atomic E-state index is 0.0742. The third kappa shape index (κ3) is 4.42. The average molecular weight is 361 g/mol. The van der Waals surface area contributed by atoms with E-state index in [2.05, 4.69) is 4.40 Å². The summed E-state index contributed by atoms with van der Waals surface area (Å²) in [5, 5.41) is 11.0. The van der Waals surface area contributed by atoms with Crippen molar-refractivity contribution in [1.82, 2.24) is 4.90 Å². The van der Waals surface area contributed by atoms with Gasteiger partial charge in [-0.05, 0) is 26.0 Å². The first-order valence-corrected chi connectivity index (χ1v) is 9.22. The van der Waals surface area contributed by atoms with Crippen LogP contribution >= 0.6 is 0 Å². The molecule has 0 aliphatic carbocycles. The van der Waals surface area contributed by atoms with Crippen molar-refractivity contribution in [3.05, 3.63) is 70.3 Å². The van der Waals surface area contributed by atoms with Crippen molar-refractivity contribution in [3.8, 4) is 0 Å². The second-order valence-electron chi connectivity index (χ2n) is 5.18. The van der Waals surface area contributed by atoms with Gasteiger partial charge in [0.2, 0.25) is 0 Å². The second-order valence-corrected chi connectivity index (χ2v) is 6.79. The van der Waals surface area contributed by atoms with Gasteiger partial charge in [0, 0.05) is 30.8 Å². The summed E-state index contributed by atoms with van der Waals surface area (Å²) in [5.41, 5.74) is 0.270. The number of non-ortho nitro benzene ring substituents is 1. The molecule has 0 aliphatic heterocycles. The summed E-state index contributed by atoms with van der Waals surface area (Å²) in [5.74, 6) is 0.192. The van der Waals surface area contributed by atoms with E-state index in [4.69, 9.17) is 0 Å². The quantitative estimate of drug-likeness (QED) is 0.341. The maximum absolute atomic E-state index is 12.6. The van der Waals surface area contributed by atoms with Crippen LogP contribution in [0, 0.1) is 10.1 Å². The lowest BCUT2D eigenvalue weighted by atomic mass is 10.1. The molecule has 0 heterocycles. The van der Waals surface area contributed by atoms with Crippen molar-refractivity contribution in [2.45, 2.75) is 18.7 Å². The van der Waals surface area contributed by atoms with Gasteiger partial charge >= 0.3 is 0 Å². The molecule has 25 heavy (non-hydrogen) atoms. The highest BCUT2D eigenvalue weighted by molar-refractivity contribution is 7.90. The number of rotatable bonds is 6. The smallest absolute Gasteiger partial charge is 0.284 e. The first-order valence-electron chi connectivity index (χ1n) is 7.78. The SMILES string of the molecule is CCN(CC)/C(=N/S(=O)(=O)c1ccccc1)c1cccc([N+](=O)[O-])c1. The molecule has 0 amide bonds. The fourth-order valence-electron chi connectivity index (χ4n) is 2.33. The fourth-order valence-corrected chi connectivity index (χ4v) is 3.39. The normalized spacial score (nSPS) is 12.0. The molecule has 0 spiro atoms. The van der Waals surface area contributed by atoms with Crippen molar-refractivity contribution >= 4 is 21.5 Å². The van der Waals surface area contributed by atoms with Gasteiger partial charge in [0.15, 0.2) is 0 Å². The average Bonchev–Trinajstić information content (AvgIpc) is 2.62. The van der Waals surface area contributed by atoms with Gasteiger partial charge in [0.05, 0.1) is 9.82 Å². The summed E-state index contributed by atoms with van der Waals surface area (Å²) in [6, 6.07) is 13.7. The van der Waals surface area contributed by atoms with Gasteiger partial charge in [-0.3, -0.25) is 10.1 Å². The van der Waals surface area contributed by atoms with Crippen molar-refractivity contribution in [1.29, 1.82) is 0 Å². The van der Waals surface area contributed by atoms with E-state index in [9.17, 15) is 18.5 Å². The maximum Gasteiger partial charge on any atom is 0.284 e. The highest BCUT2D eigenvalue weighted by atomic mass is 32.2. The Kier molecular flexibility index (Phi) is 5.87. The molecule has 0 unspecified atom stereocenters. The minimum Gasteiger partial charge on any atom is -0.356 e. The van der Waals surface area contributed by atoms with Crippen LogP contribution in [0.1, 0.15) is 19.4 Å². The Labute approximate surface area is 146 Å². The molecule has 0 aliphatic rings. The predicted molar refractivity (Wildman–Crippen MR) is 96.2 cm³/mol. The van der Waals surface area contributed by atoms with Crippen LogP contribution in [0.5, 0.6) is 0 Å². The zero-order valence-electron chi connectivity index (χ0n) is 14.0. The number of hydrogen-bond donors (Lipinski definition) is 0. The predicted octanol–water partition coefficient (Wildman–Crippen LogP) is 3.07. The topological polar surface area (TPSA) is 92.9 Å². The Balaban J connectivity index is 2.61. The fraction of sp³-hybridized carbons (Fsp3) is 0.235. The standard InChI is InChI=1S/C17H19N3O4S/c1-3-19(4-2)17(14-9-8-10-15(13-14)20(21)22)18-25(23,24)16-11-6-5-7-12-16/h5-13H,3-4H2,1-2H3/b18-17+. The third-order valence-corrected chi connectivity index (χ3v) is 4.91. The van der Waals surface area contributed by atoms with Crippen LogP contribution in [-0.4, -0.2) is 37.2 Å². The van der Waals surface area contributed by atoms with Crippen molar-refractivity contribution in [2.75, 3.05) is 13.1 Å². The summed E-state index contributed by atoms with van der Waals surface area (Å²) in [4.78, 5) is 12.3. The molecule has 0 atom stereocenters. The highest BCUT2D eigenvalue weighted by Gasteiger charge is 2.20. The Bertz CT molecular complexity index is 876. The van der Waals surface area contributed by atoms with Crippen LogP contribution in [0.3, 0.4) is 0 Å². The van der Waals surface area contributed by atoms with E-state index in [1.807, 2.05) is 13.8 Å². The van der Waals surface area contributed by atoms with Gasteiger partial charge in [0.25, 0.3) is 15.7 Å². The molecule has 0 aromatic heterocycles. The Morgan fingerprint density at radius 3 is 2.28 bits per heavy atom. The van der Waals surface area contributed by atoms with Gasteiger partial charge in [-0.1, -0.05) is 30.3 Å². The molecule has 2 aromatic carbocycles. The van der Waals surface area contributed by atoms with Gasteiger partial charge in [-0.2, -0.15) is 8.42 Å². The number of hydrogen-bond acceptors (Lipinski definition) is 4. The summed E-state index contributed by atoms with van der Waals surface area (Å²) in [7, 11) is -3.93. The molecule has 0 saturated heterocycles. The van der Waals surface area contributed by atoms with Crippen LogP contribution in [0.15, 0.2) is 63.9 Å². The van der Waals surface area contributed by atoms with Crippen molar-refractivity contribution < 1.29 is 13.3 Å². The first kappa shape index (κ1) is 18.6. The van der Waals surface area contributed by atoms with E-state index < -0.39 is 14.9 Å². The third-order valence-electron chi connectivity index (χ3n) is 3.63. The summed E-state index contributed by atoms with van der Waals surface area (Å²) < 4.78 is 29.2. The van der Waals surface area contributed by atoms with Crippen LogP contribution in [0.2, 0.25) is 0 Å². The summed E-state index contributed by atoms with van der Waals surface area (Å²) in [6.07, 6.45) is 0. The first-order chi connectivity index (χ1) is 11.9. The lowest BCUT2D eigenvalue weighted by Gasteiger charge is -2.23. The number of nitro benzene ring substituents is 1. The van der Waals surface area contributed by atoms with Crippen molar-refractivity contribution in [2.24, 2.45) is 4.40 Å². The van der Waals surface area contributed by atoms with Crippen LogP contribution in [0.25, 0.3) is 0 Å². The zero-order chi connectivity index (χ0) is 18.4. The molecule has 0 radical (unpaired) electrons. The number of benzene rings is 2. The minimum atomic E-state index is -3.93. The lowest BCUT2D eigenvalue weighted by molar-refractivity contribution is -0.384. The monoisotopic (exact) mass is 361 g/mol. The zero-order valence-corrected chi connectivity index (χ0v) is 14.8. The number of sulfonamides is 1. The lowest BCUT2D eigenvalue weighted by Crippen LogP contribution is -2.32. The van der Waals surface area contributed by atoms with Crippen LogP contribution in [-0.2, 0) is 10.0 Å². The van der Waals surface area contributed by atoms with Gasteiger partial charge in [-0.15, -0.1) is 4.40 Å². The largest absolute Gasteiger partial charge is 0.356 e. The number of nitrogens with zero attached hydrogens (tertiary/aromatic N) is 3. The van der Waals surface area contributed by atoms with Crippen molar-refractivity contribution in [3.63, 3.8) is 0 Å². The Morgan fingerprint density at radius 1 is 1.08 bits per heavy atom. The van der Waals surface area contributed by atoms with E-state index in [0.29, 0.717) is 18.7 Å². The van der Waals surface area contributed by atoms with Crippen LogP contribution in [0.4, 0.5) is 5.69 Å². The number of nitro groups is 1. The molecule has 0 N–H and O–H groups in total. The molecule has 2 aromatic rings. The van der Waals surface area contributed by atoms with E-state index >= 15 is 0 Å². The summed E-state index contributed by atoms with van der Waals surface area (Å²) >= 11 is 0. The van der Waals surface area contributed by atoms with Gasteiger partial charge in [0.1, 0.15) is 5.84 Å². The summed E-state index contributed by atoms with van der Waals surface area (Å²) in [6.45, 7) is 4.77. The Morgan fingerprint density at radius 2 is 1.72 bits per heavy atom. The van der Waals surface area contributed by atoms with E-state index in [1.54, 1.807) is 29.2 Å². The molecule has 0 saturated carbocycles. The molecule has 2 rings (SSSR count). The molecule has 0 fully saturated rings. The van der Waals surface area contributed by atoms with Crippen LogP contribution < -0.4 is 0 Å². The number of amidine groups is 1. The molecular formula is C17H19N3O4S. The molecule has 132 valence electrons. The van der Waals surface area contributed by atoms with Gasteiger partial charge in [-0.25, -0.2) is 0 Å².